The van der Waals surface area contributed by atoms with Gasteiger partial charge < -0.3 is 4.84 Å². The SMILES string of the molecule is Cl.Cl.N#CC1=CC=CC=NN=NOC=CC=CC=CC=CC=C1. The molecule has 0 aromatic heterocycles. The average Bonchev–Trinajstić information content (AvgIpc) is 2.51. The van der Waals surface area contributed by atoms with Crippen LogP contribution in [0.3, 0.4) is 0 Å². The lowest BCUT2D eigenvalue weighted by atomic mass is 10.2. The summed E-state index contributed by atoms with van der Waals surface area (Å²) in [6.45, 7) is 0. The molecular formula is C16H16Cl2N4O. The zero-order chi connectivity index (χ0) is 15.0. The molecule has 0 radical (unpaired) electrons. The van der Waals surface area contributed by atoms with Crippen LogP contribution in [0, 0.1) is 11.3 Å². The fourth-order valence-electron chi connectivity index (χ4n) is 1.10. The molecule has 1 heterocycles. The van der Waals surface area contributed by atoms with E-state index in [0.717, 1.165) is 0 Å². The second kappa shape index (κ2) is 17.4. The predicted molar refractivity (Wildman–Crippen MR) is 97.5 cm³/mol. The molecule has 0 unspecified atom stereocenters. The second-order valence-electron chi connectivity index (χ2n) is 3.50. The van der Waals surface area contributed by atoms with Gasteiger partial charge in [-0.05, 0) is 29.5 Å². The fourth-order valence-corrected chi connectivity index (χ4v) is 1.10. The minimum Gasteiger partial charge on any atom is -0.346 e. The Kier molecular flexibility index (Phi) is 17.1. The first-order valence-corrected chi connectivity index (χ1v) is 6.13. The number of hydrogen-bond acceptors (Lipinski definition) is 5. The van der Waals surface area contributed by atoms with Crippen molar-refractivity contribution in [2.24, 2.45) is 15.6 Å². The summed E-state index contributed by atoms with van der Waals surface area (Å²) in [4.78, 5) is 4.72. The van der Waals surface area contributed by atoms with Gasteiger partial charge in [-0.2, -0.15) is 5.26 Å². The minimum atomic E-state index is 0. The van der Waals surface area contributed by atoms with E-state index in [1.54, 1.807) is 42.5 Å². The first kappa shape index (κ1) is 22.6. The molecule has 0 aliphatic carbocycles. The van der Waals surface area contributed by atoms with E-state index in [4.69, 9.17) is 10.1 Å². The number of nitriles is 1. The van der Waals surface area contributed by atoms with E-state index in [-0.39, 0.29) is 24.8 Å². The van der Waals surface area contributed by atoms with Gasteiger partial charge in [-0.15, -0.1) is 29.9 Å². The van der Waals surface area contributed by atoms with E-state index >= 15 is 0 Å². The highest BCUT2D eigenvalue weighted by atomic mass is 35.5. The van der Waals surface area contributed by atoms with Crippen molar-refractivity contribution >= 4 is 31.0 Å². The summed E-state index contributed by atoms with van der Waals surface area (Å²) in [5, 5.41) is 19.3. The number of hydrogen-bond donors (Lipinski definition) is 0. The van der Waals surface area contributed by atoms with Gasteiger partial charge in [0.2, 0.25) is 0 Å². The summed E-state index contributed by atoms with van der Waals surface area (Å²) in [5.41, 5.74) is 0.528. The molecule has 0 fully saturated rings. The van der Waals surface area contributed by atoms with Crippen molar-refractivity contribution in [3.8, 4) is 6.07 Å². The van der Waals surface area contributed by atoms with Crippen LogP contribution in [-0.4, -0.2) is 6.21 Å². The lowest BCUT2D eigenvalue weighted by Gasteiger charge is -1.82. The molecule has 0 spiro atoms. The Balaban J connectivity index is 0. The van der Waals surface area contributed by atoms with Gasteiger partial charge in [-0.25, -0.2) is 0 Å². The normalized spacial score (nSPS) is 14.3. The van der Waals surface area contributed by atoms with Crippen LogP contribution in [0.1, 0.15) is 0 Å². The van der Waals surface area contributed by atoms with Crippen molar-refractivity contribution in [2.45, 2.75) is 0 Å². The third kappa shape index (κ3) is 14.0. The Hall–Kier alpha value is -2.68. The van der Waals surface area contributed by atoms with E-state index in [2.05, 4.69) is 21.7 Å². The van der Waals surface area contributed by atoms with Crippen molar-refractivity contribution in [3.05, 3.63) is 84.7 Å². The molecule has 0 aromatic rings. The minimum absolute atomic E-state index is 0. The van der Waals surface area contributed by atoms with E-state index in [9.17, 15) is 0 Å². The molecule has 7 heteroatoms. The van der Waals surface area contributed by atoms with E-state index in [1.807, 2.05) is 30.4 Å². The molecule has 0 atom stereocenters. The summed E-state index contributed by atoms with van der Waals surface area (Å²) in [5.74, 6) is 0. The van der Waals surface area contributed by atoms with Gasteiger partial charge in [0.05, 0.1) is 23.1 Å². The fraction of sp³-hybridized carbons (Fsp3) is 0. The van der Waals surface area contributed by atoms with Gasteiger partial charge in [-0.3, -0.25) is 0 Å². The smallest absolute Gasteiger partial charge is 0.124 e. The van der Waals surface area contributed by atoms with E-state index < -0.39 is 0 Å². The summed E-state index contributed by atoms with van der Waals surface area (Å²) < 4.78 is 0. The van der Waals surface area contributed by atoms with Crippen LogP contribution in [0.25, 0.3) is 0 Å². The lowest BCUT2D eigenvalue weighted by Crippen LogP contribution is -1.69. The van der Waals surface area contributed by atoms with Crippen LogP contribution in [0.15, 0.2) is 100 Å². The van der Waals surface area contributed by atoms with Gasteiger partial charge in [0.15, 0.2) is 0 Å². The largest absolute Gasteiger partial charge is 0.346 e. The molecule has 0 saturated carbocycles. The molecule has 23 heavy (non-hydrogen) atoms. The molecule has 0 N–H and O–H groups in total. The predicted octanol–water partition coefficient (Wildman–Crippen LogP) is 4.96. The monoisotopic (exact) mass is 350 g/mol. The third-order valence-corrected chi connectivity index (χ3v) is 2.00. The van der Waals surface area contributed by atoms with Gasteiger partial charge in [0, 0.05) is 0 Å². The Morgan fingerprint density at radius 3 is 2.17 bits per heavy atom. The number of allylic oxidation sites excluding steroid dienone is 13. The maximum Gasteiger partial charge on any atom is 0.124 e. The zero-order valence-electron chi connectivity index (χ0n) is 12.1. The highest BCUT2D eigenvalue weighted by molar-refractivity contribution is 5.85. The third-order valence-electron chi connectivity index (χ3n) is 2.00. The zero-order valence-corrected chi connectivity index (χ0v) is 13.7. The molecule has 0 amide bonds. The van der Waals surface area contributed by atoms with Crippen molar-refractivity contribution in [1.29, 1.82) is 5.26 Å². The van der Waals surface area contributed by atoms with Crippen LogP contribution in [0.2, 0.25) is 0 Å². The standard InChI is InChI=1S/C16H14N4O.2ClH/c17-15-16-11-7-5-3-1-2-4-6-10-14-21-20-19-18-13-9-8-12-16;;/h1-14H;2*1H. The summed E-state index contributed by atoms with van der Waals surface area (Å²) in [6, 6.07) is 2.08. The quantitative estimate of drug-likeness (QED) is 0.619. The molecule has 1 aliphatic heterocycles. The Labute approximate surface area is 147 Å². The Morgan fingerprint density at radius 2 is 1.48 bits per heavy atom. The van der Waals surface area contributed by atoms with Crippen LogP contribution >= 0.6 is 24.8 Å². The highest BCUT2D eigenvalue weighted by Crippen LogP contribution is 1.96. The second-order valence-corrected chi connectivity index (χ2v) is 3.50. The van der Waals surface area contributed by atoms with E-state index in [0.29, 0.717) is 5.57 Å². The lowest BCUT2D eigenvalue weighted by molar-refractivity contribution is 0.237. The molecule has 5 nitrogen and oxygen atoms in total. The summed E-state index contributed by atoms with van der Waals surface area (Å²) in [6.07, 6.45) is 24.0. The van der Waals surface area contributed by atoms with Crippen molar-refractivity contribution in [3.63, 3.8) is 0 Å². The molecule has 0 saturated heterocycles. The maximum absolute atomic E-state index is 8.94. The molecule has 0 aromatic carbocycles. The molecular weight excluding hydrogens is 335 g/mol. The van der Waals surface area contributed by atoms with Gasteiger partial charge in [-0.1, -0.05) is 48.6 Å². The summed E-state index contributed by atoms with van der Waals surface area (Å²) >= 11 is 0. The van der Waals surface area contributed by atoms with Crippen LogP contribution in [-0.2, 0) is 4.84 Å². The van der Waals surface area contributed by atoms with Crippen LogP contribution < -0.4 is 0 Å². The first-order chi connectivity index (χ1) is 10.4. The van der Waals surface area contributed by atoms with Crippen LogP contribution in [0.4, 0.5) is 0 Å². The van der Waals surface area contributed by atoms with Crippen molar-refractivity contribution in [1.82, 2.24) is 0 Å². The summed E-state index contributed by atoms with van der Waals surface area (Å²) in [7, 11) is 0. The highest BCUT2D eigenvalue weighted by Gasteiger charge is 1.83. The van der Waals surface area contributed by atoms with E-state index in [1.165, 1.54) is 12.5 Å². The van der Waals surface area contributed by atoms with Gasteiger partial charge >= 0.3 is 0 Å². The Bertz CT molecular complexity index is 618. The average molecular weight is 351 g/mol. The molecule has 1 aliphatic rings. The first-order valence-electron chi connectivity index (χ1n) is 6.13. The maximum atomic E-state index is 8.94. The van der Waals surface area contributed by atoms with Crippen molar-refractivity contribution in [2.75, 3.05) is 0 Å². The van der Waals surface area contributed by atoms with Gasteiger partial charge in [0.25, 0.3) is 0 Å². The molecule has 0 bridgehead atoms. The van der Waals surface area contributed by atoms with Gasteiger partial charge in [0.1, 0.15) is 6.26 Å². The topological polar surface area (TPSA) is 70.1 Å². The Morgan fingerprint density at radius 1 is 0.826 bits per heavy atom. The number of nitrogens with zero attached hydrogens (tertiary/aromatic N) is 4. The van der Waals surface area contributed by atoms with Crippen molar-refractivity contribution < 1.29 is 4.84 Å². The van der Waals surface area contributed by atoms with Crippen LogP contribution in [0.5, 0.6) is 0 Å². The number of halogens is 2. The molecule has 120 valence electrons. The number of rotatable bonds is 0. The molecule has 1 rings (SSSR count).